The van der Waals surface area contributed by atoms with E-state index < -0.39 is 17.8 Å². The van der Waals surface area contributed by atoms with Crippen LogP contribution in [0.15, 0.2) is 36.4 Å². The van der Waals surface area contributed by atoms with Gasteiger partial charge < -0.3 is 15.7 Å². The molecule has 0 saturated heterocycles. The summed E-state index contributed by atoms with van der Waals surface area (Å²) in [6.07, 6.45) is 5.23. The first kappa shape index (κ1) is 19.7. The molecule has 3 N–H and O–H groups in total. The molecule has 0 radical (unpaired) electrons. The summed E-state index contributed by atoms with van der Waals surface area (Å²) in [7, 11) is 0. The van der Waals surface area contributed by atoms with Gasteiger partial charge in [-0.25, -0.2) is 0 Å². The van der Waals surface area contributed by atoms with Crippen molar-refractivity contribution >= 4 is 23.5 Å². The second-order valence-electron chi connectivity index (χ2n) is 7.25. The number of carboxylic acids is 1. The van der Waals surface area contributed by atoms with Gasteiger partial charge in [-0.05, 0) is 57.4 Å². The zero-order valence-electron chi connectivity index (χ0n) is 15.4. The van der Waals surface area contributed by atoms with Crippen molar-refractivity contribution in [1.82, 2.24) is 5.32 Å². The molecule has 0 aliphatic heterocycles. The summed E-state index contributed by atoms with van der Waals surface area (Å²) in [4.78, 5) is 36.0. The molecule has 2 amide bonds. The molecule has 2 atom stereocenters. The largest absolute Gasteiger partial charge is 0.481 e. The number of amides is 2. The molecule has 0 heterocycles. The number of hydrogen-bond donors (Lipinski definition) is 3. The van der Waals surface area contributed by atoms with Crippen LogP contribution in [0, 0.1) is 11.8 Å². The Morgan fingerprint density at radius 2 is 1.65 bits per heavy atom. The predicted octanol–water partition coefficient (Wildman–Crippen LogP) is 3.21. The van der Waals surface area contributed by atoms with Crippen LogP contribution in [0.5, 0.6) is 0 Å². The van der Waals surface area contributed by atoms with Crippen LogP contribution in [0.1, 0.15) is 50.4 Å². The van der Waals surface area contributed by atoms with Crippen LogP contribution in [0.25, 0.3) is 0 Å². The van der Waals surface area contributed by atoms with E-state index in [-0.39, 0.29) is 17.4 Å². The normalized spacial score (nSPS) is 19.7. The van der Waals surface area contributed by atoms with Crippen LogP contribution in [0.4, 0.5) is 5.69 Å². The average molecular weight is 358 g/mol. The first-order chi connectivity index (χ1) is 12.2. The van der Waals surface area contributed by atoms with Gasteiger partial charge >= 0.3 is 5.97 Å². The zero-order chi connectivity index (χ0) is 19.3. The molecule has 1 aromatic carbocycles. The number of allylic oxidation sites excluding steroid dienone is 2. The lowest BCUT2D eigenvalue weighted by Crippen LogP contribution is -2.42. The SMILES string of the molecule is CCC(C)(C)NC(=O)c1ccc(NC(=O)[C@@H]2CC=CC[C@H]2C(=O)O)cc1. The molecule has 140 valence electrons. The average Bonchev–Trinajstić information content (AvgIpc) is 2.61. The molecule has 1 aromatic rings. The van der Waals surface area contributed by atoms with Gasteiger partial charge in [0, 0.05) is 16.8 Å². The van der Waals surface area contributed by atoms with Crippen LogP contribution in [0.2, 0.25) is 0 Å². The summed E-state index contributed by atoms with van der Waals surface area (Å²) in [5.74, 6) is -2.74. The van der Waals surface area contributed by atoms with Crippen LogP contribution in [-0.2, 0) is 9.59 Å². The Hall–Kier alpha value is -2.63. The Balaban J connectivity index is 2.02. The number of carbonyl (C=O) groups excluding carboxylic acids is 2. The molecule has 0 fully saturated rings. The summed E-state index contributed by atoms with van der Waals surface area (Å²) >= 11 is 0. The lowest BCUT2D eigenvalue weighted by atomic mass is 9.82. The van der Waals surface area contributed by atoms with Gasteiger partial charge in [0.2, 0.25) is 5.91 Å². The number of anilines is 1. The van der Waals surface area contributed by atoms with E-state index in [1.165, 1.54) is 0 Å². The topological polar surface area (TPSA) is 95.5 Å². The molecule has 0 spiro atoms. The summed E-state index contributed by atoms with van der Waals surface area (Å²) in [6.45, 7) is 5.91. The number of aliphatic carboxylic acids is 1. The Labute approximate surface area is 153 Å². The minimum atomic E-state index is -0.958. The van der Waals surface area contributed by atoms with E-state index in [4.69, 9.17) is 0 Å². The van der Waals surface area contributed by atoms with Gasteiger partial charge in [0.1, 0.15) is 0 Å². The Morgan fingerprint density at radius 1 is 1.08 bits per heavy atom. The van der Waals surface area contributed by atoms with Crippen LogP contribution in [0.3, 0.4) is 0 Å². The fraction of sp³-hybridized carbons (Fsp3) is 0.450. The Bertz CT molecular complexity index is 707. The van der Waals surface area contributed by atoms with Crippen molar-refractivity contribution < 1.29 is 19.5 Å². The number of nitrogens with one attached hydrogen (secondary N) is 2. The number of hydrogen-bond acceptors (Lipinski definition) is 3. The van der Waals surface area contributed by atoms with Gasteiger partial charge in [-0.1, -0.05) is 19.1 Å². The fourth-order valence-electron chi connectivity index (χ4n) is 2.78. The lowest BCUT2D eigenvalue weighted by Gasteiger charge is -2.25. The van der Waals surface area contributed by atoms with E-state index in [0.29, 0.717) is 24.1 Å². The molecule has 6 nitrogen and oxygen atoms in total. The molecule has 2 rings (SSSR count). The van der Waals surface area contributed by atoms with Gasteiger partial charge in [-0.3, -0.25) is 14.4 Å². The van der Waals surface area contributed by atoms with Gasteiger partial charge in [0.15, 0.2) is 0 Å². The summed E-state index contributed by atoms with van der Waals surface area (Å²) < 4.78 is 0. The van der Waals surface area contributed by atoms with E-state index in [1.807, 2.05) is 26.8 Å². The monoisotopic (exact) mass is 358 g/mol. The maximum atomic E-state index is 12.4. The van der Waals surface area contributed by atoms with Crippen molar-refractivity contribution in [3.8, 4) is 0 Å². The molecular weight excluding hydrogens is 332 g/mol. The molecular formula is C20H26N2O4. The first-order valence-corrected chi connectivity index (χ1v) is 8.85. The number of rotatable bonds is 6. The quantitative estimate of drug-likeness (QED) is 0.681. The highest BCUT2D eigenvalue weighted by atomic mass is 16.4. The highest BCUT2D eigenvalue weighted by Gasteiger charge is 2.33. The third-order valence-corrected chi connectivity index (χ3v) is 4.84. The molecule has 26 heavy (non-hydrogen) atoms. The van der Waals surface area contributed by atoms with Crippen molar-refractivity contribution in [1.29, 1.82) is 0 Å². The highest BCUT2D eigenvalue weighted by molar-refractivity contribution is 5.97. The van der Waals surface area contributed by atoms with E-state index in [2.05, 4.69) is 10.6 Å². The van der Waals surface area contributed by atoms with E-state index in [1.54, 1.807) is 30.3 Å². The molecule has 0 saturated carbocycles. The third kappa shape index (κ3) is 4.94. The molecule has 1 aliphatic rings. The van der Waals surface area contributed by atoms with Crippen molar-refractivity contribution in [3.63, 3.8) is 0 Å². The number of carbonyl (C=O) groups is 3. The van der Waals surface area contributed by atoms with Crippen molar-refractivity contribution in [3.05, 3.63) is 42.0 Å². The van der Waals surface area contributed by atoms with Crippen LogP contribution >= 0.6 is 0 Å². The smallest absolute Gasteiger partial charge is 0.307 e. The van der Waals surface area contributed by atoms with E-state index in [0.717, 1.165) is 6.42 Å². The standard InChI is InChI=1S/C20H26N2O4/c1-4-20(2,3)22-17(23)13-9-11-14(12-10-13)21-18(24)15-7-5-6-8-16(15)19(25)26/h5-6,9-12,15-16H,4,7-8H2,1-3H3,(H,21,24)(H,22,23)(H,25,26)/t15-,16-/m1/s1. The molecule has 1 aliphatic carbocycles. The van der Waals surface area contributed by atoms with E-state index >= 15 is 0 Å². The zero-order valence-corrected chi connectivity index (χ0v) is 15.4. The Kier molecular flexibility index (Phi) is 6.18. The van der Waals surface area contributed by atoms with Gasteiger partial charge in [-0.2, -0.15) is 0 Å². The lowest BCUT2D eigenvalue weighted by molar-refractivity contribution is -0.146. The molecule has 0 bridgehead atoms. The Morgan fingerprint density at radius 3 is 2.19 bits per heavy atom. The van der Waals surface area contributed by atoms with E-state index in [9.17, 15) is 19.5 Å². The second kappa shape index (κ2) is 8.17. The highest BCUT2D eigenvalue weighted by Crippen LogP contribution is 2.27. The predicted molar refractivity (Wildman–Crippen MR) is 99.9 cm³/mol. The summed E-state index contributed by atoms with van der Waals surface area (Å²) in [6, 6.07) is 6.60. The molecule has 0 aromatic heterocycles. The summed E-state index contributed by atoms with van der Waals surface area (Å²) in [5.41, 5.74) is 0.762. The maximum absolute atomic E-state index is 12.4. The minimum absolute atomic E-state index is 0.168. The number of carboxylic acid groups (broad SMARTS) is 1. The van der Waals surface area contributed by atoms with Gasteiger partial charge in [-0.15, -0.1) is 0 Å². The molecule has 6 heteroatoms. The fourth-order valence-corrected chi connectivity index (χ4v) is 2.78. The minimum Gasteiger partial charge on any atom is -0.481 e. The van der Waals surface area contributed by atoms with Crippen LogP contribution < -0.4 is 10.6 Å². The van der Waals surface area contributed by atoms with Crippen LogP contribution in [-0.4, -0.2) is 28.4 Å². The maximum Gasteiger partial charge on any atom is 0.307 e. The van der Waals surface area contributed by atoms with Gasteiger partial charge in [0.05, 0.1) is 11.8 Å². The number of benzene rings is 1. The second-order valence-corrected chi connectivity index (χ2v) is 7.25. The van der Waals surface area contributed by atoms with Crippen molar-refractivity contribution in [2.24, 2.45) is 11.8 Å². The van der Waals surface area contributed by atoms with Gasteiger partial charge in [0.25, 0.3) is 5.91 Å². The third-order valence-electron chi connectivity index (χ3n) is 4.84. The molecule has 0 unspecified atom stereocenters. The first-order valence-electron chi connectivity index (χ1n) is 8.85. The van der Waals surface area contributed by atoms with Crippen molar-refractivity contribution in [2.75, 3.05) is 5.32 Å². The summed E-state index contributed by atoms with van der Waals surface area (Å²) in [5, 5.41) is 15.0. The van der Waals surface area contributed by atoms with Crippen molar-refractivity contribution in [2.45, 2.75) is 45.6 Å².